The van der Waals surface area contributed by atoms with Gasteiger partial charge in [-0.2, -0.15) is 17.0 Å². The summed E-state index contributed by atoms with van der Waals surface area (Å²) in [5, 5.41) is 12.0. The van der Waals surface area contributed by atoms with Gasteiger partial charge < -0.3 is 5.32 Å². The summed E-state index contributed by atoms with van der Waals surface area (Å²) in [5.74, 6) is 1.17. The molecule has 0 aromatic carbocycles. The molecule has 12 heavy (non-hydrogen) atoms. The van der Waals surface area contributed by atoms with E-state index in [1.165, 1.54) is 18.6 Å². The minimum absolute atomic E-state index is 0.368. The van der Waals surface area contributed by atoms with Crippen LogP contribution in [0.1, 0.15) is 19.3 Å². The smallest absolute Gasteiger partial charge is 0.0628 e. The van der Waals surface area contributed by atoms with Crippen LogP contribution in [0.3, 0.4) is 0 Å². The second-order valence-electron chi connectivity index (χ2n) is 3.50. The molecule has 0 spiro atoms. The molecule has 1 aliphatic rings. The lowest BCUT2D eigenvalue weighted by Crippen LogP contribution is -2.25. The Kier molecular flexibility index (Phi) is 3.90. The van der Waals surface area contributed by atoms with E-state index in [1.54, 1.807) is 0 Å². The van der Waals surface area contributed by atoms with Crippen molar-refractivity contribution in [3.63, 3.8) is 0 Å². The van der Waals surface area contributed by atoms with Crippen molar-refractivity contribution in [2.75, 3.05) is 25.1 Å². The highest BCUT2D eigenvalue weighted by Gasteiger charge is 2.41. The molecule has 68 valence electrons. The van der Waals surface area contributed by atoms with Gasteiger partial charge in [0.2, 0.25) is 0 Å². The van der Waals surface area contributed by atoms with Crippen molar-refractivity contribution in [1.82, 2.24) is 5.32 Å². The lowest BCUT2D eigenvalue weighted by molar-refractivity contribution is 0.476. The number of hydrogen-bond donors (Lipinski definition) is 1. The van der Waals surface area contributed by atoms with Crippen LogP contribution in [0.2, 0.25) is 0 Å². The second-order valence-corrected chi connectivity index (χ2v) is 4.49. The molecule has 0 saturated heterocycles. The third-order valence-electron chi connectivity index (χ3n) is 2.39. The van der Waals surface area contributed by atoms with Crippen LogP contribution >= 0.6 is 11.8 Å². The van der Waals surface area contributed by atoms with Crippen LogP contribution < -0.4 is 5.32 Å². The molecular weight excluding hydrogens is 168 g/mol. The van der Waals surface area contributed by atoms with E-state index in [1.807, 2.05) is 11.8 Å². The van der Waals surface area contributed by atoms with Crippen molar-refractivity contribution < 1.29 is 0 Å². The summed E-state index contributed by atoms with van der Waals surface area (Å²) in [7, 11) is 0. The largest absolute Gasteiger partial charge is 0.315 e. The highest BCUT2D eigenvalue weighted by Crippen LogP contribution is 2.47. The predicted molar refractivity (Wildman–Crippen MR) is 53.1 cm³/mol. The minimum Gasteiger partial charge on any atom is -0.315 e. The summed E-state index contributed by atoms with van der Waals surface area (Å²) in [5.41, 5.74) is 0.368. The maximum absolute atomic E-state index is 8.56. The molecule has 1 N–H and O–H groups in total. The van der Waals surface area contributed by atoms with Crippen LogP contribution in [-0.2, 0) is 0 Å². The van der Waals surface area contributed by atoms with Crippen LogP contribution in [0.4, 0.5) is 0 Å². The van der Waals surface area contributed by atoms with Crippen molar-refractivity contribution in [2.24, 2.45) is 5.41 Å². The summed E-state index contributed by atoms with van der Waals surface area (Å²) in [6.07, 6.45) is 5.34. The molecule has 1 saturated carbocycles. The normalized spacial score (nSPS) is 18.7. The molecule has 0 bridgehead atoms. The Hall–Kier alpha value is -0.200. The zero-order valence-corrected chi connectivity index (χ0v) is 8.41. The number of rotatable bonds is 6. The molecule has 0 unspecified atom stereocenters. The van der Waals surface area contributed by atoms with Gasteiger partial charge in [-0.05, 0) is 24.5 Å². The summed E-state index contributed by atoms with van der Waals surface area (Å²) in [4.78, 5) is 0. The van der Waals surface area contributed by atoms with E-state index in [-0.39, 0.29) is 0 Å². The highest BCUT2D eigenvalue weighted by molar-refractivity contribution is 7.98. The molecule has 1 fully saturated rings. The van der Waals surface area contributed by atoms with Gasteiger partial charge in [0.1, 0.15) is 0 Å². The lowest BCUT2D eigenvalue weighted by Gasteiger charge is -2.11. The highest BCUT2D eigenvalue weighted by atomic mass is 32.2. The van der Waals surface area contributed by atoms with Gasteiger partial charge in [0, 0.05) is 25.3 Å². The van der Waals surface area contributed by atoms with Gasteiger partial charge >= 0.3 is 0 Å². The predicted octanol–water partition coefficient (Wildman–Crippen LogP) is 1.63. The summed E-state index contributed by atoms with van der Waals surface area (Å²) < 4.78 is 0. The van der Waals surface area contributed by atoms with Crippen molar-refractivity contribution in [3.8, 4) is 6.07 Å². The Morgan fingerprint density at radius 3 is 2.83 bits per heavy atom. The van der Waals surface area contributed by atoms with Crippen molar-refractivity contribution in [3.05, 3.63) is 0 Å². The fourth-order valence-electron chi connectivity index (χ4n) is 1.29. The Morgan fingerprint density at radius 2 is 2.33 bits per heavy atom. The summed E-state index contributed by atoms with van der Waals surface area (Å²) >= 11 is 1.86. The van der Waals surface area contributed by atoms with Crippen LogP contribution in [0.15, 0.2) is 0 Å². The third kappa shape index (κ3) is 3.04. The second kappa shape index (κ2) is 4.74. The monoisotopic (exact) mass is 184 g/mol. The van der Waals surface area contributed by atoms with Gasteiger partial charge in [0.25, 0.3) is 0 Å². The van der Waals surface area contributed by atoms with Crippen molar-refractivity contribution >= 4 is 11.8 Å². The molecule has 0 atom stereocenters. The first-order valence-corrected chi connectivity index (χ1v) is 5.79. The minimum atomic E-state index is 0.368. The molecule has 0 aliphatic heterocycles. The molecule has 2 nitrogen and oxygen atoms in total. The van der Waals surface area contributed by atoms with E-state index in [4.69, 9.17) is 5.26 Å². The zero-order valence-electron chi connectivity index (χ0n) is 7.60. The van der Waals surface area contributed by atoms with Gasteiger partial charge in [0.05, 0.1) is 6.07 Å². The van der Waals surface area contributed by atoms with Crippen molar-refractivity contribution in [2.45, 2.75) is 19.3 Å². The Bertz CT molecular complexity index is 170. The number of nitrogens with zero attached hydrogens (tertiary/aromatic N) is 1. The van der Waals surface area contributed by atoms with E-state index in [0.717, 1.165) is 19.5 Å². The first-order valence-electron chi connectivity index (χ1n) is 4.40. The number of nitriles is 1. The fourth-order valence-corrected chi connectivity index (χ4v) is 1.64. The molecule has 0 aromatic rings. The Balaban J connectivity index is 2.03. The van der Waals surface area contributed by atoms with E-state index in [9.17, 15) is 0 Å². The molecule has 0 heterocycles. The standard InChI is InChI=1S/C9H16N2S/c1-12-7-6-11-8-9(2-3-9)4-5-10/h11H,2-4,6-8H2,1H3. The fraction of sp³-hybridized carbons (Fsp3) is 0.889. The SMILES string of the molecule is CSCCNCC1(CC#N)CC1. The molecule has 0 aromatic heterocycles. The van der Waals surface area contributed by atoms with E-state index in [2.05, 4.69) is 17.6 Å². The van der Waals surface area contributed by atoms with E-state index >= 15 is 0 Å². The topological polar surface area (TPSA) is 35.8 Å². The first kappa shape index (κ1) is 9.88. The summed E-state index contributed by atoms with van der Waals surface area (Å²) in [6, 6.07) is 2.27. The molecular formula is C9H16N2S. The molecule has 1 aliphatic carbocycles. The van der Waals surface area contributed by atoms with E-state index < -0.39 is 0 Å². The Morgan fingerprint density at radius 1 is 1.58 bits per heavy atom. The van der Waals surface area contributed by atoms with Gasteiger partial charge in [-0.25, -0.2) is 0 Å². The van der Waals surface area contributed by atoms with E-state index in [0.29, 0.717) is 5.41 Å². The average Bonchev–Trinajstić information content (AvgIpc) is 2.81. The maximum atomic E-state index is 8.56. The summed E-state index contributed by atoms with van der Waals surface area (Å²) in [6.45, 7) is 2.12. The van der Waals surface area contributed by atoms with Crippen LogP contribution in [-0.4, -0.2) is 25.1 Å². The zero-order chi connectivity index (χ0) is 8.86. The van der Waals surface area contributed by atoms with Gasteiger partial charge in [-0.15, -0.1) is 0 Å². The molecule has 3 heteroatoms. The lowest BCUT2D eigenvalue weighted by atomic mass is 10.0. The van der Waals surface area contributed by atoms with Gasteiger partial charge in [-0.1, -0.05) is 0 Å². The average molecular weight is 184 g/mol. The van der Waals surface area contributed by atoms with Crippen LogP contribution in [0.25, 0.3) is 0 Å². The van der Waals surface area contributed by atoms with Crippen LogP contribution in [0.5, 0.6) is 0 Å². The number of hydrogen-bond acceptors (Lipinski definition) is 3. The number of nitrogens with one attached hydrogen (secondary N) is 1. The number of thioether (sulfide) groups is 1. The maximum Gasteiger partial charge on any atom is 0.0628 e. The third-order valence-corrected chi connectivity index (χ3v) is 3.01. The molecule has 0 amide bonds. The van der Waals surface area contributed by atoms with Crippen molar-refractivity contribution in [1.29, 1.82) is 5.26 Å². The molecule has 1 rings (SSSR count). The van der Waals surface area contributed by atoms with Gasteiger partial charge in [0.15, 0.2) is 0 Å². The quantitative estimate of drug-likeness (QED) is 0.637. The Labute approximate surface area is 78.7 Å². The first-order chi connectivity index (χ1) is 5.83. The van der Waals surface area contributed by atoms with Crippen LogP contribution in [0, 0.1) is 16.7 Å². The molecule has 0 radical (unpaired) electrons. The van der Waals surface area contributed by atoms with Gasteiger partial charge in [-0.3, -0.25) is 0 Å².